The molecule has 2 atom stereocenters. The first-order valence-electron chi connectivity index (χ1n) is 7.51. The summed E-state index contributed by atoms with van der Waals surface area (Å²) in [6.45, 7) is 3.25. The molecule has 20 heavy (non-hydrogen) atoms. The number of nitrogens with one attached hydrogen (secondary N) is 1. The van der Waals surface area contributed by atoms with Crippen molar-refractivity contribution in [3.63, 3.8) is 0 Å². The van der Waals surface area contributed by atoms with Crippen LogP contribution >= 0.6 is 31.9 Å². The fourth-order valence-electron chi connectivity index (χ4n) is 3.89. The third-order valence-electron chi connectivity index (χ3n) is 4.95. The maximum Gasteiger partial charge on any atom is 0.148 e. The molecule has 1 aromatic carbocycles. The molecule has 0 saturated heterocycles. The van der Waals surface area contributed by atoms with Crippen molar-refractivity contribution in [1.82, 2.24) is 5.32 Å². The van der Waals surface area contributed by atoms with Crippen molar-refractivity contribution in [2.24, 2.45) is 5.41 Å². The molecule has 0 radical (unpaired) electrons. The van der Waals surface area contributed by atoms with Crippen LogP contribution in [0.1, 0.15) is 39.0 Å². The maximum absolute atomic E-state index is 6.39. The van der Waals surface area contributed by atoms with Gasteiger partial charge in [0.15, 0.2) is 0 Å². The fraction of sp³-hybridized carbons (Fsp3) is 0.625. The van der Waals surface area contributed by atoms with Crippen molar-refractivity contribution >= 4 is 31.9 Å². The number of benzene rings is 1. The molecule has 2 aliphatic carbocycles. The van der Waals surface area contributed by atoms with Crippen LogP contribution in [0.4, 0.5) is 0 Å². The minimum atomic E-state index is 0.351. The molecular weight excluding hydrogens is 382 g/mol. The Hall–Kier alpha value is -0.0600. The van der Waals surface area contributed by atoms with E-state index in [0.29, 0.717) is 17.6 Å². The molecule has 0 aliphatic heterocycles. The van der Waals surface area contributed by atoms with Crippen molar-refractivity contribution < 1.29 is 4.74 Å². The Bertz CT molecular complexity index is 465. The first-order chi connectivity index (χ1) is 9.67. The van der Waals surface area contributed by atoms with Gasteiger partial charge in [-0.15, -0.1) is 0 Å². The average Bonchev–Trinajstić information content (AvgIpc) is 2.93. The van der Waals surface area contributed by atoms with Gasteiger partial charge >= 0.3 is 0 Å². The molecule has 0 bridgehead atoms. The predicted octanol–water partition coefficient (Wildman–Crippen LogP) is 4.90. The van der Waals surface area contributed by atoms with E-state index in [1.54, 1.807) is 0 Å². The Morgan fingerprint density at radius 3 is 2.50 bits per heavy atom. The number of ether oxygens (including phenoxy) is 1. The third-order valence-corrected chi connectivity index (χ3v) is 6.20. The smallest absolute Gasteiger partial charge is 0.148 e. The van der Waals surface area contributed by atoms with Crippen LogP contribution in [-0.4, -0.2) is 18.7 Å². The summed E-state index contributed by atoms with van der Waals surface area (Å²) in [6.07, 6.45) is 6.78. The lowest BCUT2D eigenvalue weighted by Gasteiger charge is -2.54. The third kappa shape index (κ3) is 2.44. The lowest BCUT2D eigenvalue weighted by atomic mass is 9.60. The Morgan fingerprint density at radius 1 is 1.25 bits per heavy atom. The van der Waals surface area contributed by atoms with E-state index in [9.17, 15) is 0 Å². The molecule has 110 valence electrons. The number of para-hydroxylation sites is 1. The minimum Gasteiger partial charge on any atom is -0.487 e. The van der Waals surface area contributed by atoms with Crippen molar-refractivity contribution in [3.8, 4) is 5.75 Å². The largest absolute Gasteiger partial charge is 0.487 e. The highest BCUT2D eigenvalue weighted by molar-refractivity contribution is 9.11. The van der Waals surface area contributed by atoms with Gasteiger partial charge < -0.3 is 10.1 Å². The van der Waals surface area contributed by atoms with Crippen molar-refractivity contribution in [3.05, 3.63) is 27.1 Å². The summed E-state index contributed by atoms with van der Waals surface area (Å²) in [6, 6.07) is 6.75. The summed E-state index contributed by atoms with van der Waals surface area (Å²) in [5.74, 6) is 0.957. The van der Waals surface area contributed by atoms with Gasteiger partial charge in [0.05, 0.1) is 8.95 Å². The Kier molecular flexibility index (Phi) is 4.44. The van der Waals surface area contributed by atoms with E-state index in [2.05, 4.69) is 44.1 Å². The highest BCUT2D eigenvalue weighted by atomic mass is 79.9. The molecule has 2 saturated carbocycles. The lowest BCUT2D eigenvalue weighted by molar-refractivity contribution is -0.0762. The predicted molar refractivity (Wildman–Crippen MR) is 89.2 cm³/mol. The van der Waals surface area contributed by atoms with Crippen LogP contribution < -0.4 is 10.1 Å². The number of hydrogen-bond acceptors (Lipinski definition) is 2. The van der Waals surface area contributed by atoms with Gasteiger partial charge in [-0.3, -0.25) is 0 Å². The van der Waals surface area contributed by atoms with Crippen LogP contribution in [0.2, 0.25) is 0 Å². The van der Waals surface area contributed by atoms with Crippen LogP contribution in [-0.2, 0) is 0 Å². The Labute approximate surface area is 137 Å². The fourth-order valence-corrected chi connectivity index (χ4v) is 5.07. The van der Waals surface area contributed by atoms with Crippen molar-refractivity contribution in [1.29, 1.82) is 0 Å². The van der Waals surface area contributed by atoms with Crippen molar-refractivity contribution in [2.75, 3.05) is 6.54 Å². The summed E-state index contributed by atoms with van der Waals surface area (Å²) in [7, 11) is 0. The molecule has 2 nitrogen and oxygen atoms in total. The normalized spacial score (nSPS) is 27.6. The molecule has 0 aromatic heterocycles. The molecule has 3 rings (SSSR count). The highest BCUT2D eigenvalue weighted by Gasteiger charge is 2.57. The minimum absolute atomic E-state index is 0.351. The quantitative estimate of drug-likeness (QED) is 0.773. The zero-order chi connectivity index (χ0) is 14.2. The van der Waals surface area contributed by atoms with E-state index in [0.717, 1.165) is 27.7 Å². The molecule has 1 N–H and O–H groups in total. The molecule has 0 heterocycles. The zero-order valence-electron chi connectivity index (χ0n) is 11.8. The van der Waals surface area contributed by atoms with Gasteiger partial charge in [0, 0.05) is 17.9 Å². The molecule has 0 amide bonds. The molecule has 1 aromatic rings. The van der Waals surface area contributed by atoms with Gasteiger partial charge in [-0.25, -0.2) is 0 Å². The second-order valence-corrected chi connectivity index (χ2v) is 7.65. The van der Waals surface area contributed by atoms with E-state index >= 15 is 0 Å². The number of rotatable bonds is 4. The maximum atomic E-state index is 6.39. The highest BCUT2D eigenvalue weighted by Crippen LogP contribution is 2.55. The second-order valence-electron chi connectivity index (χ2n) is 5.94. The first kappa shape index (κ1) is 14.9. The molecule has 4 heteroatoms. The Balaban J connectivity index is 1.78. The standard InChI is InChI=1S/C16H21Br2NO/c1-2-19-13-10-14(16(13)8-3-4-9-16)20-15-11(17)6-5-7-12(15)18/h5-7,13-14,19H,2-4,8-10H2,1H3. The van der Waals surface area contributed by atoms with Crippen molar-refractivity contribution in [2.45, 2.75) is 51.2 Å². The van der Waals surface area contributed by atoms with Crippen LogP contribution in [0, 0.1) is 5.41 Å². The molecule has 1 spiro atoms. The van der Waals surface area contributed by atoms with Gasteiger partial charge in [0.2, 0.25) is 0 Å². The lowest BCUT2D eigenvalue weighted by Crippen LogP contribution is -2.63. The van der Waals surface area contributed by atoms with Crippen LogP contribution in [0.3, 0.4) is 0 Å². The summed E-state index contributed by atoms with van der Waals surface area (Å²) in [5.41, 5.74) is 0.366. The summed E-state index contributed by atoms with van der Waals surface area (Å²) in [4.78, 5) is 0. The van der Waals surface area contributed by atoms with E-state index in [4.69, 9.17) is 4.74 Å². The monoisotopic (exact) mass is 401 g/mol. The van der Waals surface area contributed by atoms with E-state index in [1.807, 2.05) is 18.2 Å². The van der Waals surface area contributed by atoms with Gasteiger partial charge in [0.1, 0.15) is 11.9 Å². The molecule has 2 fully saturated rings. The average molecular weight is 403 g/mol. The van der Waals surface area contributed by atoms with Crippen LogP contribution in [0.5, 0.6) is 5.75 Å². The van der Waals surface area contributed by atoms with E-state index in [-0.39, 0.29) is 0 Å². The van der Waals surface area contributed by atoms with Gasteiger partial charge in [-0.05, 0) is 63.4 Å². The van der Waals surface area contributed by atoms with Gasteiger partial charge in [0.25, 0.3) is 0 Å². The van der Waals surface area contributed by atoms with Gasteiger partial charge in [-0.2, -0.15) is 0 Å². The molecule has 2 aliphatic rings. The van der Waals surface area contributed by atoms with E-state index in [1.165, 1.54) is 25.7 Å². The number of hydrogen-bond donors (Lipinski definition) is 1. The Morgan fingerprint density at radius 2 is 1.90 bits per heavy atom. The first-order valence-corrected chi connectivity index (χ1v) is 9.10. The van der Waals surface area contributed by atoms with Crippen LogP contribution in [0.25, 0.3) is 0 Å². The van der Waals surface area contributed by atoms with Gasteiger partial charge in [-0.1, -0.05) is 25.8 Å². The molecule has 2 unspecified atom stereocenters. The number of halogens is 2. The molecular formula is C16H21Br2NO. The topological polar surface area (TPSA) is 21.3 Å². The summed E-state index contributed by atoms with van der Waals surface area (Å²) in [5, 5.41) is 3.66. The van der Waals surface area contributed by atoms with E-state index < -0.39 is 0 Å². The SMILES string of the molecule is CCNC1CC(Oc2c(Br)cccc2Br)C12CCCC2. The van der Waals surface area contributed by atoms with Crippen LogP contribution in [0.15, 0.2) is 27.1 Å². The summed E-state index contributed by atoms with van der Waals surface area (Å²) >= 11 is 7.20. The zero-order valence-corrected chi connectivity index (χ0v) is 15.0. The second kappa shape index (κ2) is 5.98. The summed E-state index contributed by atoms with van der Waals surface area (Å²) < 4.78 is 8.46.